The van der Waals surface area contributed by atoms with Gasteiger partial charge in [0.15, 0.2) is 0 Å². The lowest BCUT2D eigenvalue weighted by atomic mass is 10.2. The van der Waals surface area contributed by atoms with Gasteiger partial charge in [-0.15, -0.1) is 0 Å². The average molecular weight is 342 g/mol. The maximum Gasteiger partial charge on any atom is 0.258 e. The van der Waals surface area contributed by atoms with Gasteiger partial charge in [0, 0.05) is 0 Å². The molecular weight excluding hydrogens is 329 g/mol. The van der Waals surface area contributed by atoms with Crippen LogP contribution in [0, 0.1) is 5.82 Å². The summed E-state index contributed by atoms with van der Waals surface area (Å²) in [5.41, 5.74) is 1.33. The van der Waals surface area contributed by atoms with Gasteiger partial charge in [-0.2, -0.15) is 0 Å². The number of anilines is 3. The molecule has 2 N–H and O–H groups in total. The number of carbonyl (C=O) groups is 1. The van der Waals surface area contributed by atoms with Crippen LogP contribution >= 0.6 is 11.6 Å². The molecule has 0 aliphatic heterocycles. The van der Waals surface area contributed by atoms with Crippen LogP contribution in [0.1, 0.15) is 10.4 Å². The number of nitrogens with zero attached hydrogens (tertiary/aromatic N) is 1. The molecule has 0 atom stereocenters. The Bertz CT molecular complexity index is 868. The van der Waals surface area contributed by atoms with Crippen LogP contribution in [0.25, 0.3) is 0 Å². The Hall–Kier alpha value is -2.92. The van der Waals surface area contributed by atoms with Crippen molar-refractivity contribution in [1.29, 1.82) is 0 Å². The zero-order valence-electron chi connectivity index (χ0n) is 12.5. The highest BCUT2D eigenvalue weighted by atomic mass is 35.5. The number of aromatic nitrogens is 1. The Labute approximate surface area is 143 Å². The van der Waals surface area contributed by atoms with Gasteiger partial charge in [-0.05, 0) is 36.4 Å². The van der Waals surface area contributed by atoms with Gasteiger partial charge in [-0.1, -0.05) is 35.9 Å². The fourth-order valence-corrected chi connectivity index (χ4v) is 2.31. The van der Waals surface area contributed by atoms with Gasteiger partial charge in [0.1, 0.15) is 11.6 Å². The van der Waals surface area contributed by atoms with Crippen molar-refractivity contribution in [3.05, 3.63) is 83.3 Å². The average Bonchev–Trinajstić information content (AvgIpc) is 2.59. The molecular formula is C18H13ClFN3O. The van der Waals surface area contributed by atoms with Gasteiger partial charge in [-0.3, -0.25) is 4.79 Å². The second-order valence-corrected chi connectivity index (χ2v) is 5.38. The molecule has 2 aromatic carbocycles. The van der Waals surface area contributed by atoms with E-state index in [0.29, 0.717) is 27.8 Å². The van der Waals surface area contributed by atoms with Crippen molar-refractivity contribution in [3.8, 4) is 0 Å². The van der Waals surface area contributed by atoms with Crippen LogP contribution in [0.4, 0.5) is 21.6 Å². The van der Waals surface area contributed by atoms with E-state index in [1.54, 1.807) is 54.6 Å². The lowest BCUT2D eigenvalue weighted by Gasteiger charge is -2.09. The third-order valence-electron chi connectivity index (χ3n) is 3.28. The van der Waals surface area contributed by atoms with E-state index in [9.17, 15) is 9.18 Å². The third kappa shape index (κ3) is 3.70. The molecule has 3 aromatic rings. The smallest absolute Gasteiger partial charge is 0.258 e. The number of carbonyl (C=O) groups excluding carboxylic acids is 1. The number of rotatable bonds is 4. The molecule has 3 rings (SSSR count). The quantitative estimate of drug-likeness (QED) is 0.711. The maximum absolute atomic E-state index is 13.6. The molecule has 0 aliphatic carbocycles. The zero-order valence-corrected chi connectivity index (χ0v) is 13.2. The first-order valence-electron chi connectivity index (χ1n) is 7.17. The summed E-state index contributed by atoms with van der Waals surface area (Å²) < 4.78 is 13.6. The summed E-state index contributed by atoms with van der Waals surface area (Å²) in [4.78, 5) is 16.3. The molecule has 0 radical (unpaired) electrons. The maximum atomic E-state index is 13.6. The molecule has 120 valence electrons. The molecule has 1 amide bonds. The monoisotopic (exact) mass is 341 g/mol. The van der Waals surface area contributed by atoms with Crippen LogP contribution in [0.3, 0.4) is 0 Å². The summed E-state index contributed by atoms with van der Waals surface area (Å²) in [7, 11) is 0. The van der Waals surface area contributed by atoms with Gasteiger partial charge in [0.05, 0.1) is 28.2 Å². The summed E-state index contributed by atoms with van der Waals surface area (Å²) in [5.74, 6) is -0.324. The van der Waals surface area contributed by atoms with Crippen molar-refractivity contribution < 1.29 is 9.18 Å². The van der Waals surface area contributed by atoms with E-state index in [1.807, 2.05) is 0 Å². The summed E-state index contributed by atoms with van der Waals surface area (Å²) in [5, 5.41) is 5.96. The molecule has 6 heteroatoms. The van der Waals surface area contributed by atoms with E-state index in [4.69, 9.17) is 11.6 Å². The molecule has 1 heterocycles. The van der Waals surface area contributed by atoms with Crippen LogP contribution < -0.4 is 10.6 Å². The Kier molecular flexibility index (Phi) is 4.72. The van der Waals surface area contributed by atoms with E-state index >= 15 is 0 Å². The lowest BCUT2D eigenvalue weighted by molar-refractivity contribution is 0.102. The summed E-state index contributed by atoms with van der Waals surface area (Å²) >= 11 is 5.99. The van der Waals surface area contributed by atoms with Crippen molar-refractivity contribution >= 4 is 34.7 Å². The van der Waals surface area contributed by atoms with Crippen LogP contribution in [-0.2, 0) is 0 Å². The highest BCUT2D eigenvalue weighted by Gasteiger charge is 2.10. The van der Waals surface area contributed by atoms with Crippen LogP contribution in [0.15, 0.2) is 66.9 Å². The van der Waals surface area contributed by atoms with Crippen molar-refractivity contribution in [3.63, 3.8) is 0 Å². The third-order valence-corrected chi connectivity index (χ3v) is 3.61. The number of amides is 1. The van der Waals surface area contributed by atoms with Gasteiger partial charge < -0.3 is 10.6 Å². The minimum absolute atomic E-state index is 0.345. The normalized spacial score (nSPS) is 10.2. The Morgan fingerprint density at radius 2 is 1.75 bits per heavy atom. The van der Waals surface area contributed by atoms with E-state index in [-0.39, 0.29) is 11.7 Å². The first-order chi connectivity index (χ1) is 11.6. The van der Waals surface area contributed by atoms with Crippen LogP contribution in [-0.4, -0.2) is 10.9 Å². The Morgan fingerprint density at radius 3 is 2.46 bits per heavy atom. The topological polar surface area (TPSA) is 54.0 Å². The highest BCUT2D eigenvalue weighted by molar-refractivity contribution is 6.34. The van der Waals surface area contributed by atoms with Gasteiger partial charge in [0.25, 0.3) is 5.91 Å². The SMILES string of the molecule is O=C(Nc1ccc(Nc2ccccc2F)cn1)c1ccccc1Cl. The minimum atomic E-state index is -0.353. The molecule has 0 aliphatic rings. The molecule has 0 fully saturated rings. The van der Waals surface area contributed by atoms with E-state index in [1.165, 1.54) is 12.3 Å². The van der Waals surface area contributed by atoms with Crippen molar-refractivity contribution in [2.75, 3.05) is 10.6 Å². The van der Waals surface area contributed by atoms with Crippen molar-refractivity contribution in [2.45, 2.75) is 0 Å². The predicted octanol–water partition coefficient (Wildman–Crippen LogP) is 4.87. The second-order valence-electron chi connectivity index (χ2n) is 4.97. The first kappa shape index (κ1) is 16.0. The fourth-order valence-electron chi connectivity index (χ4n) is 2.09. The molecule has 0 bridgehead atoms. The largest absolute Gasteiger partial charge is 0.352 e. The van der Waals surface area contributed by atoms with Gasteiger partial charge >= 0.3 is 0 Å². The summed E-state index contributed by atoms with van der Waals surface area (Å²) in [6.45, 7) is 0. The van der Waals surface area contributed by atoms with Crippen LogP contribution in [0.2, 0.25) is 5.02 Å². The predicted molar refractivity (Wildman–Crippen MR) is 93.3 cm³/mol. The number of pyridine rings is 1. The second kappa shape index (κ2) is 7.10. The van der Waals surface area contributed by atoms with Crippen LogP contribution in [0.5, 0.6) is 0 Å². The van der Waals surface area contributed by atoms with Crippen molar-refractivity contribution in [1.82, 2.24) is 4.98 Å². The Balaban J connectivity index is 1.70. The number of para-hydroxylation sites is 1. The Morgan fingerprint density at radius 1 is 1.00 bits per heavy atom. The molecule has 4 nitrogen and oxygen atoms in total. The zero-order chi connectivity index (χ0) is 16.9. The molecule has 0 saturated carbocycles. The summed E-state index contributed by atoms with van der Waals surface area (Å²) in [6, 6.07) is 16.4. The molecule has 24 heavy (non-hydrogen) atoms. The number of halogens is 2. The van der Waals surface area contributed by atoms with Crippen molar-refractivity contribution in [2.24, 2.45) is 0 Å². The first-order valence-corrected chi connectivity index (χ1v) is 7.55. The number of hydrogen-bond acceptors (Lipinski definition) is 3. The van der Waals surface area contributed by atoms with Gasteiger partial charge in [-0.25, -0.2) is 9.37 Å². The fraction of sp³-hybridized carbons (Fsp3) is 0. The van der Waals surface area contributed by atoms with E-state index < -0.39 is 0 Å². The van der Waals surface area contributed by atoms with Gasteiger partial charge in [0.2, 0.25) is 0 Å². The lowest BCUT2D eigenvalue weighted by Crippen LogP contribution is -2.13. The molecule has 0 saturated heterocycles. The van der Waals surface area contributed by atoms with E-state index in [2.05, 4.69) is 15.6 Å². The highest BCUT2D eigenvalue weighted by Crippen LogP contribution is 2.20. The minimum Gasteiger partial charge on any atom is -0.352 e. The summed E-state index contributed by atoms with van der Waals surface area (Å²) in [6.07, 6.45) is 1.51. The number of nitrogens with one attached hydrogen (secondary N) is 2. The van der Waals surface area contributed by atoms with E-state index in [0.717, 1.165) is 0 Å². The standard InChI is InChI=1S/C18H13ClFN3O/c19-14-6-2-1-5-13(14)18(24)23-17-10-9-12(11-21-17)22-16-8-4-3-7-15(16)20/h1-11,22H,(H,21,23,24). The molecule has 1 aromatic heterocycles. The number of benzene rings is 2. The molecule has 0 unspecified atom stereocenters. The number of hydrogen-bond donors (Lipinski definition) is 2. The molecule has 0 spiro atoms.